The summed E-state index contributed by atoms with van der Waals surface area (Å²) >= 11 is 1.39. The molecule has 1 unspecified atom stereocenters. The summed E-state index contributed by atoms with van der Waals surface area (Å²) in [6, 6.07) is 23.0. The lowest BCUT2D eigenvalue weighted by atomic mass is 9.83. The number of thiazole rings is 1. The van der Waals surface area contributed by atoms with Crippen LogP contribution in [0.15, 0.2) is 99.3 Å². The molecule has 0 bridgehead atoms. The van der Waals surface area contributed by atoms with Gasteiger partial charge in [-0.1, -0.05) is 54.6 Å². The van der Waals surface area contributed by atoms with E-state index in [2.05, 4.69) is 0 Å². The molecule has 2 N–H and O–H groups in total. The smallest absolute Gasteiger partial charge is 0.344 e. The maximum absolute atomic E-state index is 14.3. The van der Waals surface area contributed by atoms with Gasteiger partial charge in [0.05, 0.1) is 28.1 Å². The minimum Gasteiger partial charge on any atom is -0.440 e. The van der Waals surface area contributed by atoms with Gasteiger partial charge in [0.1, 0.15) is 16.4 Å². The first-order chi connectivity index (χ1) is 16.6. The summed E-state index contributed by atoms with van der Waals surface area (Å²) in [5.41, 5.74) is 9.37. The van der Waals surface area contributed by atoms with E-state index in [9.17, 15) is 9.18 Å². The molecule has 0 radical (unpaired) electrons. The summed E-state index contributed by atoms with van der Waals surface area (Å²) in [7, 11) is 0. The minimum absolute atomic E-state index is 0.117. The monoisotopic (exact) mass is 468 g/mol. The van der Waals surface area contributed by atoms with Crippen LogP contribution in [0.25, 0.3) is 27.8 Å². The summed E-state index contributed by atoms with van der Waals surface area (Å²) in [4.78, 5) is 18.0. The van der Waals surface area contributed by atoms with E-state index in [0.717, 1.165) is 11.3 Å². The van der Waals surface area contributed by atoms with E-state index >= 15 is 0 Å². The van der Waals surface area contributed by atoms with Crippen LogP contribution in [0.4, 0.5) is 4.39 Å². The number of rotatable bonds is 3. The van der Waals surface area contributed by atoms with Gasteiger partial charge in [0.2, 0.25) is 0 Å². The van der Waals surface area contributed by atoms with Gasteiger partial charge in [-0.2, -0.15) is 0 Å². The number of hydrogen-bond acceptors (Lipinski definition) is 6. The standard InChI is InChI=1S/C27H17FN2O3S/c28-17-10-6-9-16(13-17)21-22-24(18-11-4-5-12-20(18)32-27(22)31)33-25(29)23(21)26-30-19(14-34-26)15-7-2-1-3-8-15/h1-14,21H,29H2. The average Bonchev–Trinajstić information content (AvgIpc) is 3.34. The Morgan fingerprint density at radius 2 is 1.76 bits per heavy atom. The molecule has 7 heteroatoms. The highest BCUT2D eigenvalue weighted by Crippen LogP contribution is 2.48. The third-order valence-electron chi connectivity index (χ3n) is 5.84. The van der Waals surface area contributed by atoms with Crippen LogP contribution in [0.5, 0.6) is 5.75 Å². The summed E-state index contributed by atoms with van der Waals surface area (Å²) in [6.07, 6.45) is 0. The van der Waals surface area contributed by atoms with Gasteiger partial charge in [0, 0.05) is 10.9 Å². The van der Waals surface area contributed by atoms with Crippen molar-refractivity contribution in [3.63, 3.8) is 0 Å². The number of benzene rings is 3. The fourth-order valence-electron chi connectivity index (χ4n) is 4.33. The molecule has 0 spiro atoms. The SMILES string of the molecule is NC1=C(c2nc(-c3ccccc3)cs2)C(c2cccc(F)c2)c2c(c3ccccc3oc2=O)O1. The molecule has 5 nitrogen and oxygen atoms in total. The Labute approximate surface area is 197 Å². The van der Waals surface area contributed by atoms with E-state index in [0.29, 0.717) is 32.9 Å². The molecule has 2 aromatic heterocycles. The molecule has 5 aromatic rings. The second kappa shape index (κ2) is 7.97. The van der Waals surface area contributed by atoms with Gasteiger partial charge >= 0.3 is 5.63 Å². The molecule has 0 saturated carbocycles. The van der Waals surface area contributed by atoms with Gasteiger partial charge in [0.15, 0.2) is 11.6 Å². The third kappa shape index (κ3) is 3.29. The topological polar surface area (TPSA) is 78.4 Å². The van der Waals surface area contributed by atoms with Crippen molar-refractivity contribution in [1.29, 1.82) is 0 Å². The summed E-state index contributed by atoms with van der Waals surface area (Å²) in [5, 5.41) is 3.12. The van der Waals surface area contributed by atoms with Gasteiger partial charge in [-0.25, -0.2) is 14.2 Å². The average molecular weight is 469 g/mol. The van der Waals surface area contributed by atoms with Crippen molar-refractivity contribution in [2.24, 2.45) is 5.73 Å². The number of nitrogens with zero attached hydrogens (tertiary/aromatic N) is 1. The first kappa shape index (κ1) is 20.4. The highest BCUT2D eigenvalue weighted by molar-refractivity contribution is 7.11. The summed E-state index contributed by atoms with van der Waals surface area (Å²) < 4.78 is 26.0. The molecule has 0 saturated heterocycles. The number of fused-ring (bicyclic) bond motifs is 3. The molecule has 0 amide bonds. The number of aromatic nitrogens is 1. The van der Waals surface area contributed by atoms with Crippen molar-refractivity contribution in [2.45, 2.75) is 5.92 Å². The molecule has 1 atom stereocenters. The van der Waals surface area contributed by atoms with Crippen LogP contribution < -0.4 is 16.1 Å². The zero-order valence-electron chi connectivity index (χ0n) is 17.7. The Morgan fingerprint density at radius 3 is 2.59 bits per heavy atom. The van der Waals surface area contributed by atoms with Crippen molar-refractivity contribution in [2.75, 3.05) is 0 Å². The van der Waals surface area contributed by atoms with E-state index in [1.807, 2.05) is 41.8 Å². The van der Waals surface area contributed by atoms with Gasteiger partial charge in [-0.15, -0.1) is 11.3 Å². The predicted molar refractivity (Wildman–Crippen MR) is 130 cm³/mol. The lowest BCUT2D eigenvalue weighted by molar-refractivity contribution is 0.399. The Balaban J connectivity index is 1.61. The fraction of sp³-hybridized carbons (Fsp3) is 0.0370. The molecule has 0 fully saturated rings. The van der Waals surface area contributed by atoms with E-state index in [4.69, 9.17) is 19.9 Å². The fourth-order valence-corrected chi connectivity index (χ4v) is 5.24. The number of nitrogens with two attached hydrogens (primary N) is 1. The second-order valence-electron chi connectivity index (χ2n) is 7.90. The molecule has 1 aliphatic rings. The third-order valence-corrected chi connectivity index (χ3v) is 6.72. The van der Waals surface area contributed by atoms with Gasteiger partial charge in [-0.3, -0.25) is 0 Å². The Kier molecular flexibility index (Phi) is 4.78. The van der Waals surface area contributed by atoms with E-state index < -0.39 is 17.4 Å². The molecule has 1 aliphatic heterocycles. The zero-order valence-corrected chi connectivity index (χ0v) is 18.5. The van der Waals surface area contributed by atoms with Crippen molar-refractivity contribution in [3.05, 3.63) is 122 Å². The Bertz CT molecular complexity index is 1640. The second-order valence-corrected chi connectivity index (χ2v) is 8.76. The lowest BCUT2D eigenvalue weighted by Gasteiger charge is -2.28. The number of para-hydroxylation sites is 1. The van der Waals surface area contributed by atoms with Crippen LogP contribution in [0, 0.1) is 5.82 Å². The zero-order chi connectivity index (χ0) is 23.2. The molecule has 166 valence electrons. The number of ether oxygens (including phenoxy) is 1. The van der Waals surface area contributed by atoms with E-state index in [-0.39, 0.29) is 11.4 Å². The van der Waals surface area contributed by atoms with E-state index in [1.54, 1.807) is 30.3 Å². The van der Waals surface area contributed by atoms with Crippen molar-refractivity contribution in [3.8, 4) is 17.0 Å². The number of hydrogen-bond donors (Lipinski definition) is 1. The molecular formula is C27H17FN2O3S. The van der Waals surface area contributed by atoms with Crippen molar-refractivity contribution < 1.29 is 13.5 Å². The molecule has 6 rings (SSSR count). The van der Waals surface area contributed by atoms with E-state index in [1.165, 1.54) is 23.5 Å². The first-order valence-electron chi connectivity index (χ1n) is 10.6. The normalized spacial score (nSPS) is 15.3. The maximum atomic E-state index is 14.3. The molecular weight excluding hydrogens is 451 g/mol. The van der Waals surface area contributed by atoms with Crippen molar-refractivity contribution in [1.82, 2.24) is 4.98 Å². The van der Waals surface area contributed by atoms with Crippen LogP contribution >= 0.6 is 11.3 Å². The number of halogens is 1. The molecule has 0 aliphatic carbocycles. The molecule has 3 aromatic carbocycles. The highest BCUT2D eigenvalue weighted by Gasteiger charge is 2.37. The van der Waals surface area contributed by atoms with Crippen molar-refractivity contribution >= 4 is 27.9 Å². The first-order valence-corrected chi connectivity index (χ1v) is 11.5. The largest absolute Gasteiger partial charge is 0.440 e. The van der Waals surface area contributed by atoms with Gasteiger partial charge in [0.25, 0.3) is 0 Å². The highest BCUT2D eigenvalue weighted by atomic mass is 32.1. The van der Waals surface area contributed by atoms with Gasteiger partial charge < -0.3 is 14.9 Å². The Hall–Kier alpha value is -4.23. The van der Waals surface area contributed by atoms with Crippen LogP contribution in [-0.4, -0.2) is 4.98 Å². The Morgan fingerprint density at radius 1 is 0.971 bits per heavy atom. The lowest BCUT2D eigenvalue weighted by Crippen LogP contribution is -2.26. The maximum Gasteiger partial charge on any atom is 0.344 e. The van der Waals surface area contributed by atoms with Gasteiger partial charge in [-0.05, 0) is 29.8 Å². The van der Waals surface area contributed by atoms with Crippen LogP contribution in [0.3, 0.4) is 0 Å². The summed E-state index contributed by atoms with van der Waals surface area (Å²) in [5.74, 6) is -0.693. The summed E-state index contributed by atoms with van der Waals surface area (Å²) in [6.45, 7) is 0. The van der Waals surface area contributed by atoms with Crippen LogP contribution in [-0.2, 0) is 0 Å². The predicted octanol–water partition coefficient (Wildman–Crippen LogP) is 5.91. The minimum atomic E-state index is -0.713. The number of allylic oxidation sites excluding steroid dienone is 1. The quantitative estimate of drug-likeness (QED) is 0.333. The van der Waals surface area contributed by atoms with Crippen LogP contribution in [0.2, 0.25) is 0 Å². The molecule has 3 heterocycles. The van der Waals surface area contributed by atoms with Crippen LogP contribution in [0.1, 0.15) is 22.1 Å². The molecule has 34 heavy (non-hydrogen) atoms.